The summed E-state index contributed by atoms with van der Waals surface area (Å²) in [6.07, 6.45) is 1.47. The van der Waals surface area contributed by atoms with E-state index in [-0.39, 0.29) is 11.9 Å². The fourth-order valence-corrected chi connectivity index (χ4v) is 4.91. The first-order chi connectivity index (χ1) is 12.1. The lowest BCUT2D eigenvalue weighted by molar-refractivity contribution is -0.142. The van der Waals surface area contributed by atoms with Gasteiger partial charge in [0.2, 0.25) is 0 Å². The maximum Gasteiger partial charge on any atom is 0.320 e. The average Bonchev–Trinajstić information content (AvgIpc) is 3.22. The van der Waals surface area contributed by atoms with Gasteiger partial charge in [-0.3, -0.25) is 9.69 Å². The van der Waals surface area contributed by atoms with E-state index in [9.17, 15) is 14.3 Å². The van der Waals surface area contributed by atoms with Crippen LogP contribution < -0.4 is 0 Å². The SMILES string of the molecule is O=C(O)C1CCCN1C(c1cccc(F)c1)c1cc2ccccc2s1. The first-order valence-electron chi connectivity index (χ1n) is 8.36. The molecule has 2 unspecified atom stereocenters. The number of likely N-dealkylation sites (tertiary alicyclic amines) is 1. The molecule has 1 fully saturated rings. The van der Waals surface area contributed by atoms with E-state index in [4.69, 9.17) is 0 Å². The Morgan fingerprint density at radius 2 is 2.04 bits per heavy atom. The molecule has 4 rings (SSSR count). The van der Waals surface area contributed by atoms with E-state index in [1.807, 2.05) is 23.1 Å². The lowest BCUT2D eigenvalue weighted by Gasteiger charge is -2.31. The predicted molar refractivity (Wildman–Crippen MR) is 97.4 cm³/mol. The Morgan fingerprint density at radius 3 is 2.80 bits per heavy atom. The van der Waals surface area contributed by atoms with Crippen molar-refractivity contribution in [2.45, 2.75) is 24.9 Å². The van der Waals surface area contributed by atoms with Crippen LogP contribution in [0.1, 0.15) is 29.3 Å². The molecular weight excluding hydrogens is 337 g/mol. The number of rotatable bonds is 4. The third-order valence-electron chi connectivity index (χ3n) is 4.79. The highest BCUT2D eigenvalue weighted by Gasteiger charge is 2.37. The third kappa shape index (κ3) is 3.05. The summed E-state index contributed by atoms with van der Waals surface area (Å²) in [5.41, 5.74) is 0.805. The zero-order valence-corrected chi connectivity index (χ0v) is 14.4. The molecule has 3 nitrogen and oxygen atoms in total. The topological polar surface area (TPSA) is 40.5 Å². The van der Waals surface area contributed by atoms with Gasteiger partial charge in [0, 0.05) is 16.1 Å². The van der Waals surface area contributed by atoms with Crippen molar-refractivity contribution in [3.8, 4) is 0 Å². The van der Waals surface area contributed by atoms with Crippen LogP contribution in [-0.2, 0) is 4.79 Å². The van der Waals surface area contributed by atoms with Crippen molar-refractivity contribution in [2.75, 3.05) is 6.54 Å². The van der Waals surface area contributed by atoms with E-state index in [1.165, 1.54) is 12.1 Å². The summed E-state index contributed by atoms with van der Waals surface area (Å²) >= 11 is 1.65. The molecule has 0 aliphatic carbocycles. The molecule has 2 aromatic carbocycles. The van der Waals surface area contributed by atoms with E-state index in [2.05, 4.69) is 18.2 Å². The van der Waals surface area contributed by atoms with Gasteiger partial charge in [0.25, 0.3) is 0 Å². The van der Waals surface area contributed by atoms with Gasteiger partial charge in [0.05, 0.1) is 6.04 Å². The second-order valence-corrected chi connectivity index (χ2v) is 7.49. The number of fused-ring (bicyclic) bond motifs is 1. The Bertz CT molecular complexity index is 890. The molecule has 1 N–H and O–H groups in total. The molecule has 25 heavy (non-hydrogen) atoms. The van der Waals surface area contributed by atoms with Crippen molar-refractivity contribution in [1.29, 1.82) is 0 Å². The zero-order chi connectivity index (χ0) is 17.4. The van der Waals surface area contributed by atoms with Crippen LogP contribution in [0, 0.1) is 5.82 Å². The van der Waals surface area contributed by atoms with Crippen LogP contribution in [0.25, 0.3) is 10.1 Å². The average molecular weight is 355 g/mol. The quantitative estimate of drug-likeness (QED) is 0.739. The fraction of sp³-hybridized carbons (Fsp3) is 0.250. The Balaban J connectivity index is 1.84. The lowest BCUT2D eigenvalue weighted by atomic mass is 10.0. The molecule has 1 aliphatic heterocycles. The van der Waals surface area contributed by atoms with E-state index < -0.39 is 12.0 Å². The van der Waals surface area contributed by atoms with Crippen molar-refractivity contribution < 1.29 is 14.3 Å². The normalized spacial score (nSPS) is 19.3. The summed E-state index contributed by atoms with van der Waals surface area (Å²) in [6.45, 7) is 0.701. The molecule has 0 saturated carbocycles. The van der Waals surface area contributed by atoms with Gasteiger partial charge in [-0.15, -0.1) is 11.3 Å². The highest BCUT2D eigenvalue weighted by atomic mass is 32.1. The maximum atomic E-state index is 13.9. The summed E-state index contributed by atoms with van der Waals surface area (Å²) in [6, 6.07) is 16.0. The minimum Gasteiger partial charge on any atom is -0.480 e. The van der Waals surface area contributed by atoms with Gasteiger partial charge in [-0.25, -0.2) is 4.39 Å². The molecular formula is C20H18FNO2S. The Hall–Kier alpha value is -2.24. The second kappa shape index (κ2) is 6.58. The number of nitrogens with zero attached hydrogens (tertiary/aromatic N) is 1. The van der Waals surface area contributed by atoms with Crippen LogP contribution in [0.15, 0.2) is 54.6 Å². The molecule has 3 aromatic rings. The Labute approximate surface area is 149 Å². The van der Waals surface area contributed by atoms with E-state index in [0.717, 1.165) is 26.9 Å². The number of hydrogen-bond acceptors (Lipinski definition) is 3. The van der Waals surface area contributed by atoms with Gasteiger partial charge in [0.15, 0.2) is 0 Å². The van der Waals surface area contributed by atoms with Gasteiger partial charge in [-0.2, -0.15) is 0 Å². The Morgan fingerprint density at radius 1 is 1.20 bits per heavy atom. The largest absolute Gasteiger partial charge is 0.480 e. The van der Waals surface area contributed by atoms with Gasteiger partial charge >= 0.3 is 5.97 Å². The minimum absolute atomic E-state index is 0.239. The van der Waals surface area contributed by atoms with Gasteiger partial charge < -0.3 is 5.11 Å². The monoisotopic (exact) mass is 355 g/mol. The van der Waals surface area contributed by atoms with Crippen molar-refractivity contribution in [2.24, 2.45) is 0 Å². The van der Waals surface area contributed by atoms with E-state index in [0.29, 0.717) is 13.0 Å². The highest BCUT2D eigenvalue weighted by molar-refractivity contribution is 7.19. The number of halogens is 1. The molecule has 2 heterocycles. The number of benzene rings is 2. The van der Waals surface area contributed by atoms with Crippen molar-refractivity contribution in [3.63, 3.8) is 0 Å². The number of carboxylic acid groups (broad SMARTS) is 1. The van der Waals surface area contributed by atoms with Crippen LogP contribution in [0.2, 0.25) is 0 Å². The van der Waals surface area contributed by atoms with Crippen LogP contribution in [-0.4, -0.2) is 28.6 Å². The molecule has 1 aliphatic rings. The molecule has 0 amide bonds. The summed E-state index contributed by atoms with van der Waals surface area (Å²) < 4.78 is 15.0. The van der Waals surface area contributed by atoms with Crippen LogP contribution in [0.5, 0.6) is 0 Å². The molecule has 1 saturated heterocycles. The second-order valence-electron chi connectivity index (χ2n) is 6.38. The summed E-state index contributed by atoms with van der Waals surface area (Å²) in [5, 5.41) is 10.7. The third-order valence-corrected chi connectivity index (χ3v) is 5.96. The van der Waals surface area contributed by atoms with E-state index >= 15 is 0 Å². The molecule has 5 heteroatoms. The molecule has 1 aromatic heterocycles. The number of aliphatic carboxylic acids is 1. The van der Waals surface area contributed by atoms with Gasteiger partial charge in [0.1, 0.15) is 11.9 Å². The van der Waals surface area contributed by atoms with Gasteiger partial charge in [-0.05, 0) is 48.1 Å². The van der Waals surface area contributed by atoms with Crippen LogP contribution in [0.4, 0.5) is 4.39 Å². The summed E-state index contributed by atoms with van der Waals surface area (Å²) in [5.74, 6) is -1.10. The maximum absolute atomic E-state index is 13.9. The minimum atomic E-state index is -0.806. The molecule has 2 atom stereocenters. The number of thiophene rings is 1. The van der Waals surface area contributed by atoms with Crippen LogP contribution in [0.3, 0.4) is 0 Å². The Kier molecular flexibility index (Phi) is 4.27. The van der Waals surface area contributed by atoms with Crippen molar-refractivity contribution >= 4 is 27.4 Å². The molecule has 0 spiro atoms. The highest BCUT2D eigenvalue weighted by Crippen LogP contribution is 2.40. The summed E-state index contributed by atoms with van der Waals surface area (Å²) in [7, 11) is 0. The first kappa shape index (κ1) is 16.2. The number of carbonyl (C=O) groups is 1. The fourth-order valence-electron chi connectivity index (χ4n) is 3.70. The molecule has 128 valence electrons. The summed E-state index contributed by atoms with van der Waals surface area (Å²) in [4.78, 5) is 14.8. The van der Waals surface area contributed by atoms with E-state index in [1.54, 1.807) is 17.4 Å². The predicted octanol–water partition coefficient (Wildman–Crippen LogP) is 4.68. The van der Waals surface area contributed by atoms with Crippen molar-refractivity contribution in [3.05, 3.63) is 70.9 Å². The first-order valence-corrected chi connectivity index (χ1v) is 9.17. The number of hydrogen-bond donors (Lipinski definition) is 1. The smallest absolute Gasteiger partial charge is 0.320 e. The van der Waals surface area contributed by atoms with Crippen LogP contribution >= 0.6 is 11.3 Å². The molecule has 0 bridgehead atoms. The standard InChI is InChI=1S/C20H18FNO2S/c21-15-7-3-6-14(11-15)19(22-10-4-8-16(22)20(23)24)18-12-13-5-1-2-9-17(13)25-18/h1-3,5-7,9,11-12,16,19H,4,8,10H2,(H,23,24). The lowest BCUT2D eigenvalue weighted by Crippen LogP contribution is -2.39. The van der Waals surface area contributed by atoms with Crippen molar-refractivity contribution in [1.82, 2.24) is 4.90 Å². The number of carboxylic acids is 1. The van der Waals surface area contributed by atoms with Gasteiger partial charge in [-0.1, -0.05) is 30.3 Å². The zero-order valence-electron chi connectivity index (χ0n) is 13.6. The molecule has 0 radical (unpaired) electrons.